The number of carbonyl (C=O) groups excluding carboxylic acids is 4. The summed E-state index contributed by atoms with van der Waals surface area (Å²) in [4.78, 5) is 55.2. The van der Waals surface area contributed by atoms with Crippen LogP contribution in [0, 0.1) is 23.7 Å². The molecule has 0 radical (unpaired) electrons. The van der Waals surface area contributed by atoms with Gasteiger partial charge < -0.3 is 35.7 Å². The third-order valence-corrected chi connectivity index (χ3v) is 10.3. The third-order valence-electron chi connectivity index (χ3n) is 10.3. The molecule has 0 saturated heterocycles. The second-order valence-corrected chi connectivity index (χ2v) is 12.9. The first kappa shape index (κ1) is 29.7. The van der Waals surface area contributed by atoms with Crippen LogP contribution in [0.5, 0.6) is 5.75 Å². The predicted molar refractivity (Wildman–Crippen MR) is 154 cm³/mol. The summed E-state index contributed by atoms with van der Waals surface area (Å²) >= 11 is 0. The second kappa shape index (κ2) is 11.0. The lowest BCUT2D eigenvalue weighted by Gasteiger charge is -2.54. The highest BCUT2D eigenvalue weighted by Crippen LogP contribution is 2.52. The summed E-state index contributed by atoms with van der Waals surface area (Å²) in [6.07, 6.45) is 4.69. The lowest BCUT2D eigenvalue weighted by Crippen LogP contribution is -2.75. The van der Waals surface area contributed by atoms with Gasteiger partial charge in [0.1, 0.15) is 23.2 Å². The van der Waals surface area contributed by atoms with Crippen molar-refractivity contribution in [2.24, 2.45) is 29.4 Å². The average molecular weight is 594 g/mol. The lowest BCUT2D eigenvalue weighted by atomic mass is 9.52. The van der Waals surface area contributed by atoms with Crippen LogP contribution < -0.4 is 11.1 Å². The molecule has 4 aliphatic rings. The van der Waals surface area contributed by atoms with Crippen LogP contribution in [0.1, 0.15) is 60.2 Å². The number of amides is 1. The summed E-state index contributed by atoms with van der Waals surface area (Å²) in [6.45, 7) is 0.567. The van der Waals surface area contributed by atoms with E-state index in [9.17, 15) is 34.5 Å². The maximum atomic E-state index is 14.0. The Hall–Kier alpha value is -3.38. The monoisotopic (exact) mass is 593 g/mol. The average Bonchev–Trinajstić information content (AvgIpc) is 3.43. The molecule has 0 spiro atoms. The molecule has 1 aromatic heterocycles. The Kier molecular flexibility index (Phi) is 7.56. The van der Waals surface area contributed by atoms with Gasteiger partial charge in [0.2, 0.25) is 5.91 Å². The fourth-order valence-corrected chi connectivity index (χ4v) is 8.22. The molecule has 1 amide bonds. The minimum Gasteiger partial charge on any atom is -0.507 e. The van der Waals surface area contributed by atoms with Gasteiger partial charge in [-0.05, 0) is 75.5 Å². The third kappa shape index (κ3) is 4.64. The zero-order valence-electron chi connectivity index (χ0n) is 24.4. The minimum absolute atomic E-state index is 0.0358. The summed E-state index contributed by atoms with van der Waals surface area (Å²) in [5, 5.41) is 37.2. The molecule has 3 fully saturated rings. The summed E-state index contributed by atoms with van der Waals surface area (Å²) in [5.74, 6) is -7.98. The number of aliphatic hydroxyl groups is 2. The van der Waals surface area contributed by atoms with Gasteiger partial charge >= 0.3 is 0 Å². The van der Waals surface area contributed by atoms with Gasteiger partial charge in [-0.15, -0.1) is 0 Å². The van der Waals surface area contributed by atoms with Gasteiger partial charge in [-0.2, -0.15) is 0 Å². The first-order valence-corrected chi connectivity index (χ1v) is 15.1. The predicted octanol–water partition coefficient (Wildman–Crippen LogP) is 1.34. The number of ketones is 3. The van der Waals surface area contributed by atoms with Crippen molar-refractivity contribution < 1.29 is 38.9 Å². The van der Waals surface area contributed by atoms with Gasteiger partial charge in [0, 0.05) is 23.6 Å². The molecule has 4 aliphatic carbocycles. The number of aliphatic hydroxyl groups excluding tert-OH is 1. The molecule has 11 nitrogen and oxygen atoms in total. The van der Waals surface area contributed by atoms with Crippen molar-refractivity contribution in [1.82, 2.24) is 10.2 Å². The van der Waals surface area contributed by atoms with E-state index in [1.54, 1.807) is 25.1 Å². The number of primary amides is 1. The molecule has 11 heteroatoms. The Morgan fingerprint density at radius 1 is 1.09 bits per heavy atom. The van der Waals surface area contributed by atoms with Gasteiger partial charge in [0.25, 0.3) is 0 Å². The van der Waals surface area contributed by atoms with Crippen molar-refractivity contribution in [2.75, 3.05) is 14.1 Å². The van der Waals surface area contributed by atoms with Crippen LogP contribution in [-0.4, -0.2) is 81.4 Å². The number of nitrogens with zero attached hydrogens (tertiary/aromatic N) is 1. The van der Waals surface area contributed by atoms with Crippen LogP contribution in [0.3, 0.4) is 0 Å². The zero-order chi connectivity index (χ0) is 30.8. The number of hydrogen-bond acceptors (Lipinski definition) is 10. The second-order valence-electron chi connectivity index (χ2n) is 12.9. The fraction of sp³-hybridized carbons (Fsp3) is 0.562. The van der Waals surface area contributed by atoms with Crippen LogP contribution in [0.15, 0.2) is 28.7 Å². The van der Waals surface area contributed by atoms with Gasteiger partial charge in [0.15, 0.2) is 23.0 Å². The molecular formula is C32H39N3O8. The van der Waals surface area contributed by atoms with Crippen molar-refractivity contribution in [3.63, 3.8) is 0 Å². The Morgan fingerprint density at radius 2 is 1.81 bits per heavy atom. The Balaban J connectivity index is 1.35. The van der Waals surface area contributed by atoms with E-state index in [0.29, 0.717) is 29.5 Å². The molecule has 6 N–H and O–H groups in total. The van der Waals surface area contributed by atoms with Crippen molar-refractivity contribution in [2.45, 2.75) is 75.3 Å². The SMILES string of the molecule is CN(C)C1C(O)C(C(N)=O)C(=O)[C@]2(O)C(=O)C3C(=O)c4c(O)ccc(-c5ccc(CNC6CCCCC6)o5)c4C[C@@H]3C[C@H]12. The van der Waals surface area contributed by atoms with E-state index in [2.05, 4.69) is 5.32 Å². The van der Waals surface area contributed by atoms with E-state index in [0.717, 1.165) is 18.6 Å². The topological polar surface area (TPSA) is 183 Å². The molecule has 0 aliphatic heterocycles. The molecule has 0 bridgehead atoms. The fourth-order valence-electron chi connectivity index (χ4n) is 8.22. The summed E-state index contributed by atoms with van der Waals surface area (Å²) in [5.41, 5.74) is 3.87. The van der Waals surface area contributed by atoms with Crippen LogP contribution in [0.2, 0.25) is 0 Å². The number of phenolic OH excluding ortho intramolecular Hbond substituents is 1. The number of benzene rings is 1. The number of nitrogens with one attached hydrogen (secondary N) is 1. The number of fused-ring (bicyclic) bond motifs is 3. The quantitative estimate of drug-likeness (QED) is 0.306. The molecule has 7 atom stereocenters. The molecule has 1 aromatic carbocycles. The van der Waals surface area contributed by atoms with E-state index in [-0.39, 0.29) is 24.2 Å². The van der Waals surface area contributed by atoms with E-state index < -0.39 is 64.7 Å². The maximum absolute atomic E-state index is 14.0. The molecule has 43 heavy (non-hydrogen) atoms. The Morgan fingerprint density at radius 3 is 2.49 bits per heavy atom. The maximum Gasteiger partial charge on any atom is 0.230 e. The highest BCUT2D eigenvalue weighted by atomic mass is 16.3. The van der Waals surface area contributed by atoms with Gasteiger partial charge in [-0.25, -0.2) is 0 Å². The van der Waals surface area contributed by atoms with Crippen LogP contribution >= 0.6 is 0 Å². The summed E-state index contributed by atoms with van der Waals surface area (Å²) < 4.78 is 6.18. The number of carbonyl (C=O) groups is 4. The largest absolute Gasteiger partial charge is 0.507 e. The number of likely N-dealkylation sites (N-methyl/N-ethyl adjacent to an activating group) is 1. The normalized spacial score (nSPS) is 32.8. The number of phenols is 1. The highest BCUT2D eigenvalue weighted by molar-refractivity contribution is 6.25. The highest BCUT2D eigenvalue weighted by Gasteiger charge is 2.69. The molecule has 4 unspecified atom stereocenters. The summed E-state index contributed by atoms with van der Waals surface area (Å²) in [6, 6.07) is 6.29. The first-order valence-electron chi connectivity index (χ1n) is 15.1. The Bertz CT molecular complexity index is 1480. The van der Waals surface area contributed by atoms with Gasteiger partial charge in [0.05, 0.1) is 24.1 Å². The number of rotatable bonds is 6. The van der Waals surface area contributed by atoms with E-state index in [4.69, 9.17) is 10.2 Å². The van der Waals surface area contributed by atoms with Crippen molar-refractivity contribution in [3.8, 4) is 17.1 Å². The van der Waals surface area contributed by atoms with Crippen molar-refractivity contribution >= 4 is 23.3 Å². The first-order chi connectivity index (χ1) is 20.4. The van der Waals surface area contributed by atoms with Crippen LogP contribution in [-0.2, 0) is 27.3 Å². The van der Waals surface area contributed by atoms with Gasteiger partial charge in [-0.3, -0.25) is 19.2 Å². The number of hydrogen-bond donors (Lipinski definition) is 5. The van der Waals surface area contributed by atoms with Crippen molar-refractivity contribution in [1.29, 1.82) is 0 Å². The Labute approximate surface area is 249 Å². The molecule has 2 aromatic rings. The number of Topliss-reactive ketones (excluding diaryl/α,β-unsaturated/α-hetero) is 3. The molecule has 230 valence electrons. The van der Waals surface area contributed by atoms with Crippen LogP contribution in [0.25, 0.3) is 11.3 Å². The number of furan rings is 1. The molecule has 6 rings (SSSR count). The van der Waals surface area contributed by atoms with Gasteiger partial charge in [-0.1, -0.05) is 19.3 Å². The number of nitrogens with two attached hydrogens (primary N) is 1. The van der Waals surface area contributed by atoms with E-state index in [1.807, 2.05) is 12.1 Å². The molecular weight excluding hydrogens is 554 g/mol. The zero-order valence-corrected chi connectivity index (χ0v) is 24.4. The molecule has 3 saturated carbocycles. The van der Waals surface area contributed by atoms with E-state index >= 15 is 0 Å². The standard InChI is InChI=1S/C32H39N3O8/c1-35(2)26-20-13-15-12-19-18(22-11-8-17(43-22)14-34-16-6-4-3-5-7-16)9-10-21(36)24(19)27(37)23(15)29(39)32(20,42)30(40)25(28(26)38)31(33)41/h8-11,15-16,20,23,25-26,28,34,36,38,42H,3-7,12-14H2,1-2H3,(H2,33,41)/t15-,20-,23?,25?,26?,28?,32-/m1/s1. The van der Waals surface area contributed by atoms with Crippen LogP contribution in [0.4, 0.5) is 0 Å². The number of aromatic hydroxyl groups is 1. The van der Waals surface area contributed by atoms with E-state index in [1.165, 1.54) is 25.3 Å². The molecule has 1 heterocycles. The minimum atomic E-state index is -2.68. The lowest BCUT2D eigenvalue weighted by molar-refractivity contribution is -0.190. The van der Waals surface area contributed by atoms with Crippen molar-refractivity contribution in [3.05, 3.63) is 41.2 Å². The smallest absolute Gasteiger partial charge is 0.230 e. The summed E-state index contributed by atoms with van der Waals surface area (Å²) in [7, 11) is 3.24.